The van der Waals surface area contributed by atoms with Crippen molar-refractivity contribution in [2.75, 3.05) is 32.9 Å². The van der Waals surface area contributed by atoms with Crippen LogP contribution in [0.25, 0.3) is 10.2 Å². The second-order valence-corrected chi connectivity index (χ2v) is 8.60. The molecule has 0 amide bonds. The number of aliphatic hydroxyl groups is 1. The molecule has 2 N–H and O–H groups in total. The van der Waals surface area contributed by atoms with Crippen LogP contribution in [0.2, 0.25) is 0 Å². The standard InChI is InChI=1S/C22H29N3O5S/c1-6-8-29-13-16(26)11-25(10-14(3)4)12-17-23-20(27)18-15(5)19(31-21(18)24-17)22(28)30-9-7-2/h1,7,14,16,26H,2,8-13H2,3-5H3,(H,23,24,27)/t16-/m0/s1. The Kier molecular flexibility index (Phi) is 9.40. The molecule has 0 spiro atoms. The Bertz CT molecular complexity index is 1000. The number of aromatic amines is 1. The summed E-state index contributed by atoms with van der Waals surface area (Å²) in [5, 5.41) is 10.6. The number of rotatable bonds is 12. The largest absolute Gasteiger partial charge is 0.457 e. The van der Waals surface area contributed by atoms with Crippen molar-refractivity contribution in [3.63, 3.8) is 0 Å². The fourth-order valence-electron chi connectivity index (χ4n) is 3.19. The van der Waals surface area contributed by atoms with Crippen LogP contribution in [-0.4, -0.2) is 65.0 Å². The third-order valence-corrected chi connectivity index (χ3v) is 5.49. The molecule has 0 radical (unpaired) electrons. The first kappa shape index (κ1) is 24.8. The normalized spacial score (nSPS) is 12.3. The maximum atomic E-state index is 12.7. The average molecular weight is 448 g/mol. The number of aromatic nitrogens is 2. The molecule has 8 nitrogen and oxygen atoms in total. The van der Waals surface area contributed by atoms with Gasteiger partial charge < -0.3 is 19.6 Å². The van der Waals surface area contributed by atoms with E-state index >= 15 is 0 Å². The molecule has 0 saturated carbocycles. The predicted molar refractivity (Wildman–Crippen MR) is 121 cm³/mol. The molecule has 31 heavy (non-hydrogen) atoms. The molecule has 0 saturated heterocycles. The molecule has 2 aromatic heterocycles. The number of aliphatic hydroxyl groups excluding tert-OH is 1. The van der Waals surface area contributed by atoms with Gasteiger partial charge in [-0.25, -0.2) is 9.78 Å². The summed E-state index contributed by atoms with van der Waals surface area (Å²) in [7, 11) is 0. The fourth-order valence-corrected chi connectivity index (χ4v) is 4.29. The first-order valence-electron chi connectivity index (χ1n) is 9.98. The highest BCUT2D eigenvalue weighted by Gasteiger charge is 2.21. The Morgan fingerprint density at radius 2 is 2.19 bits per heavy atom. The van der Waals surface area contributed by atoms with Crippen LogP contribution in [0.15, 0.2) is 17.4 Å². The zero-order valence-corrected chi connectivity index (χ0v) is 19.0. The highest BCUT2D eigenvalue weighted by atomic mass is 32.1. The molecule has 9 heteroatoms. The lowest BCUT2D eigenvalue weighted by Gasteiger charge is -2.26. The van der Waals surface area contributed by atoms with Gasteiger partial charge in [-0.1, -0.05) is 32.4 Å². The van der Waals surface area contributed by atoms with Gasteiger partial charge in [0.05, 0.1) is 24.6 Å². The van der Waals surface area contributed by atoms with Crippen molar-refractivity contribution in [2.24, 2.45) is 5.92 Å². The smallest absolute Gasteiger partial charge is 0.348 e. The highest BCUT2D eigenvalue weighted by molar-refractivity contribution is 7.20. The molecule has 0 fully saturated rings. The molecule has 0 aliphatic carbocycles. The van der Waals surface area contributed by atoms with Gasteiger partial charge in [-0.3, -0.25) is 9.69 Å². The van der Waals surface area contributed by atoms with Crippen LogP contribution in [0.3, 0.4) is 0 Å². The lowest BCUT2D eigenvalue weighted by atomic mass is 10.2. The molecular weight excluding hydrogens is 418 g/mol. The Hall–Kier alpha value is -2.51. The van der Waals surface area contributed by atoms with E-state index in [0.717, 1.165) is 11.3 Å². The average Bonchev–Trinajstić information content (AvgIpc) is 3.02. The number of esters is 1. The molecule has 0 bridgehead atoms. The highest BCUT2D eigenvalue weighted by Crippen LogP contribution is 2.27. The second kappa shape index (κ2) is 11.8. The number of ether oxygens (including phenoxy) is 2. The number of thiophene rings is 1. The Balaban J connectivity index is 2.25. The summed E-state index contributed by atoms with van der Waals surface area (Å²) in [6.07, 6.45) is 5.92. The maximum absolute atomic E-state index is 12.7. The van der Waals surface area contributed by atoms with E-state index in [-0.39, 0.29) is 25.4 Å². The van der Waals surface area contributed by atoms with Crippen LogP contribution in [0.5, 0.6) is 0 Å². The van der Waals surface area contributed by atoms with E-state index in [4.69, 9.17) is 15.9 Å². The third kappa shape index (κ3) is 7.01. The first-order valence-corrected chi connectivity index (χ1v) is 10.8. The van der Waals surface area contributed by atoms with Gasteiger partial charge in [0.2, 0.25) is 0 Å². The molecule has 2 rings (SSSR count). The van der Waals surface area contributed by atoms with E-state index in [1.807, 2.05) is 4.90 Å². The number of terminal acetylenes is 1. The molecule has 0 aliphatic heterocycles. The van der Waals surface area contributed by atoms with Gasteiger partial charge in [0.25, 0.3) is 5.56 Å². The van der Waals surface area contributed by atoms with Gasteiger partial charge >= 0.3 is 5.97 Å². The van der Waals surface area contributed by atoms with E-state index in [2.05, 4.69) is 36.3 Å². The molecule has 0 aromatic carbocycles. The van der Waals surface area contributed by atoms with Gasteiger partial charge in [0.15, 0.2) is 0 Å². The van der Waals surface area contributed by atoms with Crippen molar-refractivity contribution in [1.82, 2.24) is 14.9 Å². The number of carbonyl (C=O) groups excluding carboxylic acids is 1. The zero-order valence-electron chi connectivity index (χ0n) is 18.1. The van der Waals surface area contributed by atoms with Crippen LogP contribution in [0.4, 0.5) is 0 Å². The number of hydrogen-bond donors (Lipinski definition) is 2. The van der Waals surface area contributed by atoms with E-state index in [1.54, 1.807) is 6.92 Å². The number of nitrogens with zero attached hydrogens (tertiary/aromatic N) is 2. The van der Waals surface area contributed by atoms with Crippen LogP contribution >= 0.6 is 11.3 Å². The Morgan fingerprint density at radius 1 is 1.45 bits per heavy atom. The first-order chi connectivity index (χ1) is 14.8. The summed E-state index contributed by atoms with van der Waals surface area (Å²) >= 11 is 1.13. The third-order valence-electron chi connectivity index (χ3n) is 4.33. The molecule has 2 aromatic rings. The SMILES string of the molecule is C#CCOC[C@@H](O)CN(Cc1nc2sc(C(=O)OCC=C)c(C)c2c(=O)[nH]1)CC(C)C. The van der Waals surface area contributed by atoms with Crippen LogP contribution in [0.1, 0.15) is 34.9 Å². The van der Waals surface area contributed by atoms with E-state index in [1.165, 1.54) is 6.08 Å². The van der Waals surface area contributed by atoms with Crippen LogP contribution in [0, 0.1) is 25.2 Å². The zero-order chi connectivity index (χ0) is 23.0. The molecule has 2 heterocycles. The van der Waals surface area contributed by atoms with Gasteiger partial charge in [0, 0.05) is 13.1 Å². The summed E-state index contributed by atoms with van der Waals surface area (Å²) in [5.41, 5.74) is 0.244. The van der Waals surface area contributed by atoms with Gasteiger partial charge in [-0.2, -0.15) is 0 Å². The van der Waals surface area contributed by atoms with Crippen LogP contribution in [-0.2, 0) is 16.0 Å². The predicted octanol–water partition coefficient (Wildman–Crippen LogP) is 2.10. The minimum atomic E-state index is -0.724. The summed E-state index contributed by atoms with van der Waals surface area (Å²) in [6.45, 7) is 11.1. The quantitative estimate of drug-likeness (QED) is 0.222. The van der Waals surface area contributed by atoms with Crippen molar-refractivity contribution in [1.29, 1.82) is 0 Å². The number of fused-ring (bicyclic) bond motifs is 1. The lowest BCUT2D eigenvalue weighted by Crippen LogP contribution is -2.37. The second-order valence-electron chi connectivity index (χ2n) is 7.60. The number of carbonyl (C=O) groups is 1. The van der Waals surface area contributed by atoms with Crippen molar-refractivity contribution in [3.8, 4) is 12.3 Å². The molecule has 168 valence electrons. The van der Waals surface area contributed by atoms with Gasteiger partial charge in [-0.15, -0.1) is 17.8 Å². The minimum absolute atomic E-state index is 0.0963. The van der Waals surface area contributed by atoms with Crippen molar-refractivity contribution in [3.05, 3.63) is 39.3 Å². The molecule has 0 unspecified atom stereocenters. The van der Waals surface area contributed by atoms with Crippen LogP contribution < -0.4 is 5.56 Å². The lowest BCUT2D eigenvalue weighted by molar-refractivity contribution is 0.0232. The van der Waals surface area contributed by atoms with E-state index in [0.29, 0.717) is 52.0 Å². The Morgan fingerprint density at radius 3 is 2.84 bits per heavy atom. The number of aryl methyl sites for hydroxylation is 1. The van der Waals surface area contributed by atoms with E-state index < -0.39 is 12.1 Å². The summed E-state index contributed by atoms with van der Waals surface area (Å²) in [6, 6.07) is 0. The molecule has 0 aliphatic rings. The minimum Gasteiger partial charge on any atom is -0.457 e. The van der Waals surface area contributed by atoms with Crippen molar-refractivity contribution >= 4 is 27.5 Å². The number of hydrogen-bond acceptors (Lipinski definition) is 8. The maximum Gasteiger partial charge on any atom is 0.348 e. The monoisotopic (exact) mass is 447 g/mol. The fraction of sp³-hybridized carbons (Fsp3) is 0.500. The summed E-state index contributed by atoms with van der Waals surface area (Å²) in [4.78, 5) is 35.2. The summed E-state index contributed by atoms with van der Waals surface area (Å²) in [5.74, 6) is 2.66. The number of H-pyrrole nitrogens is 1. The molecule has 1 atom stereocenters. The molecular formula is C22H29N3O5S. The van der Waals surface area contributed by atoms with Gasteiger partial charge in [-0.05, 0) is 18.4 Å². The Labute approximate surface area is 185 Å². The van der Waals surface area contributed by atoms with Crippen molar-refractivity contribution in [2.45, 2.75) is 33.4 Å². The summed E-state index contributed by atoms with van der Waals surface area (Å²) < 4.78 is 10.3. The van der Waals surface area contributed by atoms with Gasteiger partial charge in [0.1, 0.15) is 28.7 Å². The number of nitrogens with one attached hydrogen (secondary N) is 1. The topological polar surface area (TPSA) is 105 Å². The van der Waals surface area contributed by atoms with Crippen molar-refractivity contribution < 1.29 is 19.4 Å². The van der Waals surface area contributed by atoms with E-state index in [9.17, 15) is 14.7 Å².